The molecule has 0 atom stereocenters. The molecule has 0 unspecified atom stereocenters. The Morgan fingerprint density at radius 2 is 2.00 bits per heavy atom. The summed E-state index contributed by atoms with van der Waals surface area (Å²) in [6.07, 6.45) is 2.87. The van der Waals surface area contributed by atoms with Crippen molar-refractivity contribution in [2.24, 2.45) is 0 Å². The Balaban J connectivity index is 2.36. The van der Waals surface area contributed by atoms with Crippen molar-refractivity contribution in [2.45, 2.75) is 0 Å². The van der Waals surface area contributed by atoms with E-state index in [0.717, 1.165) is 0 Å². The number of hydrogen-bond acceptors (Lipinski definition) is 3. The topological polar surface area (TPSA) is 72.2 Å². The number of halogens is 1. The number of hydrogen-bond donors (Lipinski definition) is 1. The Morgan fingerprint density at radius 1 is 1.19 bits per heavy atom. The lowest BCUT2D eigenvalue weighted by molar-refractivity contribution is 0.0696. The van der Waals surface area contributed by atoms with Crippen molar-refractivity contribution in [2.75, 3.05) is 0 Å². The molecule has 0 amide bonds. The lowest BCUT2D eigenvalue weighted by Gasteiger charge is -2.10. The summed E-state index contributed by atoms with van der Waals surface area (Å²) in [5.41, 5.74) is 0.709. The summed E-state index contributed by atoms with van der Waals surface area (Å²) in [5.74, 6) is -1.10. The van der Waals surface area contributed by atoms with Gasteiger partial charge in [-0.15, -0.1) is 0 Å². The highest BCUT2D eigenvalue weighted by molar-refractivity contribution is 6.35. The molecule has 1 N–H and O–H groups in total. The third-order valence-electron chi connectivity index (χ3n) is 3.11. The number of benzene rings is 1. The molecule has 0 saturated carbocycles. The Bertz CT molecular complexity index is 918. The fourth-order valence-electron chi connectivity index (χ4n) is 2.12. The zero-order valence-corrected chi connectivity index (χ0v) is 11.4. The summed E-state index contributed by atoms with van der Waals surface area (Å²) in [4.78, 5) is 27.3. The van der Waals surface area contributed by atoms with E-state index in [0.29, 0.717) is 21.6 Å². The van der Waals surface area contributed by atoms with Gasteiger partial charge in [-0.3, -0.25) is 14.3 Å². The molecule has 0 aliphatic heterocycles. The number of carboxylic acids is 1. The van der Waals surface area contributed by atoms with Gasteiger partial charge in [-0.05, 0) is 30.3 Å². The third kappa shape index (κ3) is 2.28. The Hall–Kier alpha value is -2.66. The monoisotopic (exact) mass is 300 g/mol. The fraction of sp³-hybridized carbons (Fsp3) is 0. The second-order valence-corrected chi connectivity index (χ2v) is 4.80. The zero-order chi connectivity index (χ0) is 15.0. The normalized spacial score (nSPS) is 10.7. The van der Waals surface area contributed by atoms with Gasteiger partial charge in [-0.1, -0.05) is 11.6 Å². The van der Waals surface area contributed by atoms with E-state index in [-0.39, 0.29) is 11.1 Å². The van der Waals surface area contributed by atoms with Crippen molar-refractivity contribution < 1.29 is 9.90 Å². The SMILES string of the molecule is O=C(O)c1ccc(=O)n(-c2ccc(Cl)c3cccnc23)c1. The lowest BCUT2D eigenvalue weighted by atomic mass is 10.1. The van der Waals surface area contributed by atoms with Crippen LogP contribution in [0, 0.1) is 0 Å². The minimum absolute atomic E-state index is 0.0219. The van der Waals surface area contributed by atoms with Crippen LogP contribution in [0.1, 0.15) is 10.4 Å². The van der Waals surface area contributed by atoms with Crippen LogP contribution in [0.2, 0.25) is 5.02 Å². The van der Waals surface area contributed by atoms with Crippen LogP contribution < -0.4 is 5.56 Å². The number of nitrogens with zero attached hydrogens (tertiary/aromatic N) is 2. The maximum Gasteiger partial charge on any atom is 0.337 e. The van der Waals surface area contributed by atoms with Crippen LogP contribution in [0.3, 0.4) is 0 Å². The number of carbonyl (C=O) groups is 1. The van der Waals surface area contributed by atoms with Crippen molar-refractivity contribution in [3.05, 3.63) is 69.7 Å². The van der Waals surface area contributed by atoms with Crippen LogP contribution in [0.5, 0.6) is 0 Å². The van der Waals surface area contributed by atoms with Crippen LogP contribution in [0.15, 0.2) is 53.6 Å². The highest BCUT2D eigenvalue weighted by Gasteiger charge is 2.11. The predicted molar refractivity (Wildman–Crippen MR) is 79.3 cm³/mol. The molecule has 0 radical (unpaired) electrons. The van der Waals surface area contributed by atoms with Crippen LogP contribution in [0.25, 0.3) is 16.6 Å². The molecule has 21 heavy (non-hydrogen) atoms. The van der Waals surface area contributed by atoms with Gasteiger partial charge in [0.2, 0.25) is 0 Å². The van der Waals surface area contributed by atoms with E-state index in [1.54, 1.807) is 30.5 Å². The van der Waals surface area contributed by atoms with Crippen LogP contribution in [-0.4, -0.2) is 20.6 Å². The molecule has 104 valence electrons. The molecule has 0 aliphatic carbocycles. The number of pyridine rings is 2. The smallest absolute Gasteiger partial charge is 0.337 e. The molecule has 3 rings (SSSR count). The van der Waals surface area contributed by atoms with Crippen molar-refractivity contribution in [1.82, 2.24) is 9.55 Å². The summed E-state index contributed by atoms with van der Waals surface area (Å²) in [6, 6.07) is 9.32. The summed E-state index contributed by atoms with van der Waals surface area (Å²) in [7, 11) is 0. The summed E-state index contributed by atoms with van der Waals surface area (Å²) in [5, 5.41) is 10.3. The molecular formula is C15H9ClN2O3. The largest absolute Gasteiger partial charge is 0.478 e. The first-order valence-electron chi connectivity index (χ1n) is 6.07. The van der Waals surface area contributed by atoms with E-state index >= 15 is 0 Å². The molecule has 0 fully saturated rings. The summed E-state index contributed by atoms with van der Waals surface area (Å²) in [6.45, 7) is 0. The van der Waals surface area contributed by atoms with Crippen molar-refractivity contribution in [3.8, 4) is 5.69 Å². The number of rotatable bonds is 2. The van der Waals surface area contributed by atoms with E-state index in [1.165, 1.54) is 22.9 Å². The molecule has 1 aromatic carbocycles. The van der Waals surface area contributed by atoms with Gasteiger partial charge in [0.1, 0.15) is 0 Å². The van der Waals surface area contributed by atoms with E-state index in [4.69, 9.17) is 16.7 Å². The Morgan fingerprint density at radius 3 is 2.76 bits per heavy atom. The standard InChI is InChI=1S/C15H9ClN2O3/c16-11-4-5-12(14-10(11)2-1-7-17-14)18-8-9(15(20)21)3-6-13(18)19/h1-8H,(H,20,21). The minimum atomic E-state index is -1.10. The van der Waals surface area contributed by atoms with E-state index in [9.17, 15) is 9.59 Å². The molecule has 2 aromatic heterocycles. The van der Waals surface area contributed by atoms with Gasteiger partial charge in [0, 0.05) is 23.8 Å². The number of aromatic nitrogens is 2. The van der Waals surface area contributed by atoms with Gasteiger partial charge < -0.3 is 5.11 Å². The number of carboxylic acid groups (broad SMARTS) is 1. The molecule has 2 heterocycles. The van der Waals surface area contributed by atoms with E-state index in [1.807, 2.05) is 0 Å². The molecule has 0 spiro atoms. The maximum absolute atomic E-state index is 12.0. The average Bonchev–Trinajstić information content (AvgIpc) is 2.49. The third-order valence-corrected chi connectivity index (χ3v) is 3.44. The second-order valence-electron chi connectivity index (χ2n) is 4.40. The maximum atomic E-state index is 12.0. The molecule has 3 aromatic rings. The molecule has 5 nitrogen and oxygen atoms in total. The van der Waals surface area contributed by atoms with Crippen molar-refractivity contribution in [1.29, 1.82) is 0 Å². The molecular weight excluding hydrogens is 292 g/mol. The van der Waals surface area contributed by atoms with Gasteiger partial charge in [0.25, 0.3) is 5.56 Å². The number of fused-ring (bicyclic) bond motifs is 1. The second kappa shape index (κ2) is 5.03. The Labute approximate surface area is 124 Å². The highest BCUT2D eigenvalue weighted by Crippen LogP contribution is 2.26. The fourth-order valence-corrected chi connectivity index (χ4v) is 2.33. The first-order valence-corrected chi connectivity index (χ1v) is 6.45. The van der Waals surface area contributed by atoms with Gasteiger partial charge in [0.05, 0.1) is 21.8 Å². The minimum Gasteiger partial charge on any atom is -0.478 e. The predicted octanol–water partition coefficient (Wildman–Crippen LogP) is 2.74. The van der Waals surface area contributed by atoms with Crippen molar-refractivity contribution >= 4 is 28.5 Å². The molecule has 6 heteroatoms. The Kier molecular flexibility index (Phi) is 3.19. The summed E-state index contributed by atoms with van der Waals surface area (Å²) < 4.78 is 1.26. The van der Waals surface area contributed by atoms with Crippen LogP contribution >= 0.6 is 11.6 Å². The van der Waals surface area contributed by atoms with Gasteiger partial charge in [-0.2, -0.15) is 0 Å². The van der Waals surface area contributed by atoms with Crippen LogP contribution in [-0.2, 0) is 0 Å². The molecule has 0 bridgehead atoms. The molecule has 0 saturated heterocycles. The lowest BCUT2D eigenvalue weighted by Crippen LogP contribution is -2.18. The first kappa shape index (κ1) is 13.3. The van der Waals surface area contributed by atoms with E-state index < -0.39 is 5.97 Å². The number of aromatic carboxylic acids is 1. The zero-order valence-electron chi connectivity index (χ0n) is 10.7. The highest BCUT2D eigenvalue weighted by atomic mass is 35.5. The summed E-state index contributed by atoms with van der Waals surface area (Å²) >= 11 is 6.12. The molecule has 0 aliphatic rings. The van der Waals surface area contributed by atoms with Gasteiger partial charge in [-0.25, -0.2) is 4.79 Å². The first-order chi connectivity index (χ1) is 10.1. The average molecular weight is 301 g/mol. The van der Waals surface area contributed by atoms with Crippen LogP contribution in [0.4, 0.5) is 0 Å². The van der Waals surface area contributed by atoms with E-state index in [2.05, 4.69) is 4.98 Å². The van der Waals surface area contributed by atoms with Crippen molar-refractivity contribution in [3.63, 3.8) is 0 Å². The van der Waals surface area contributed by atoms with Gasteiger partial charge >= 0.3 is 5.97 Å². The van der Waals surface area contributed by atoms with Gasteiger partial charge in [0.15, 0.2) is 0 Å². The quantitative estimate of drug-likeness (QED) is 0.790.